The molecule has 5 heteroatoms. The van der Waals surface area contributed by atoms with Gasteiger partial charge in [-0.05, 0) is 36.2 Å². The highest BCUT2D eigenvalue weighted by molar-refractivity contribution is 9.11. The van der Waals surface area contributed by atoms with Crippen molar-refractivity contribution in [2.45, 2.75) is 18.2 Å². The van der Waals surface area contributed by atoms with Crippen molar-refractivity contribution in [3.63, 3.8) is 0 Å². The lowest BCUT2D eigenvalue weighted by atomic mass is 10.1. The van der Waals surface area contributed by atoms with Gasteiger partial charge >= 0.3 is 0 Å². The van der Waals surface area contributed by atoms with Crippen LogP contribution in [0.1, 0.15) is 28.1 Å². The van der Waals surface area contributed by atoms with E-state index in [-0.39, 0.29) is 4.83 Å². The number of fused-ring (bicyclic) bond motifs is 1. The summed E-state index contributed by atoms with van der Waals surface area (Å²) in [5, 5.41) is 0. The van der Waals surface area contributed by atoms with Gasteiger partial charge in [-0.3, -0.25) is 0 Å². The standard InChI is InChI=1S/C15H14Br2O3/c1-9-3-6-20-15(9)14(17)10-7-12-13(8-11(10)16)19-5-2-4-18-12/h3,6-8,14H,2,4-5H2,1H3. The Kier molecular flexibility index (Phi) is 4.08. The first kappa shape index (κ1) is 14.0. The largest absolute Gasteiger partial charge is 0.490 e. The smallest absolute Gasteiger partial charge is 0.162 e. The molecular weight excluding hydrogens is 388 g/mol. The number of rotatable bonds is 2. The Labute approximate surface area is 134 Å². The van der Waals surface area contributed by atoms with Crippen LogP contribution in [0.2, 0.25) is 0 Å². The molecule has 0 N–H and O–H groups in total. The molecule has 3 rings (SSSR count). The van der Waals surface area contributed by atoms with Crippen LogP contribution in [-0.4, -0.2) is 13.2 Å². The van der Waals surface area contributed by atoms with E-state index in [2.05, 4.69) is 31.9 Å². The lowest BCUT2D eigenvalue weighted by Crippen LogP contribution is -1.98. The summed E-state index contributed by atoms with van der Waals surface area (Å²) in [7, 11) is 0. The molecule has 1 aliphatic heterocycles. The van der Waals surface area contributed by atoms with E-state index in [0.717, 1.165) is 39.3 Å². The topological polar surface area (TPSA) is 31.6 Å². The average molecular weight is 402 g/mol. The molecule has 3 nitrogen and oxygen atoms in total. The number of furan rings is 1. The van der Waals surface area contributed by atoms with Crippen molar-refractivity contribution < 1.29 is 13.9 Å². The Morgan fingerprint density at radius 2 is 1.85 bits per heavy atom. The second-order valence-electron chi connectivity index (χ2n) is 4.70. The van der Waals surface area contributed by atoms with Crippen LogP contribution in [0.25, 0.3) is 0 Å². The lowest BCUT2D eigenvalue weighted by Gasteiger charge is -2.15. The van der Waals surface area contributed by atoms with Gasteiger partial charge in [0.25, 0.3) is 0 Å². The van der Waals surface area contributed by atoms with Gasteiger partial charge in [0.2, 0.25) is 0 Å². The minimum atomic E-state index is -0.0240. The van der Waals surface area contributed by atoms with Crippen LogP contribution < -0.4 is 9.47 Å². The predicted octanol–water partition coefficient (Wildman–Crippen LogP) is 5.00. The fraction of sp³-hybridized carbons (Fsp3) is 0.333. The molecule has 0 spiro atoms. The minimum absolute atomic E-state index is 0.0240. The van der Waals surface area contributed by atoms with Crippen molar-refractivity contribution >= 4 is 31.9 Å². The summed E-state index contributed by atoms with van der Waals surface area (Å²) in [6, 6.07) is 5.93. The molecule has 1 aromatic carbocycles. The van der Waals surface area contributed by atoms with Gasteiger partial charge in [-0.2, -0.15) is 0 Å². The Morgan fingerprint density at radius 1 is 1.15 bits per heavy atom. The second-order valence-corrected chi connectivity index (χ2v) is 6.47. The van der Waals surface area contributed by atoms with Crippen molar-refractivity contribution in [3.8, 4) is 11.5 Å². The van der Waals surface area contributed by atoms with Gasteiger partial charge in [-0.1, -0.05) is 31.9 Å². The fourth-order valence-corrected chi connectivity index (χ4v) is 3.89. The molecule has 0 saturated heterocycles. The summed E-state index contributed by atoms with van der Waals surface area (Å²) in [6.45, 7) is 3.40. The van der Waals surface area contributed by atoms with Crippen LogP contribution in [0.5, 0.6) is 11.5 Å². The first-order chi connectivity index (χ1) is 9.66. The first-order valence-electron chi connectivity index (χ1n) is 6.44. The van der Waals surface area contributed by atoms with Crippen molar-refractivity contribution in [1.29, 1.82) is 0 Å². The molecule has 0 radical (unpaired) electrons. The van der Waals surface area contributed by atoms with E-state index in [4.69, 9.17) is 13.9 Å². The molecule has 2 heterocycles. The maximum atomic E-state index is 5.74. The molecule has 0 aliphatic carbocycles. The highest BCUT2D eigenvalue weighted by Gasteiger charge is 2.22. The maximum Gasteiger partial charge on any atom is 0.162 e. The van der Waals surface area contributed by atoms with E-state index in [9.17, 15) is 0 Å². The maximum absolute atomic E-state index is 5.74. The third kappa shape index (κ3) is 2.61. The normalized spacial score (nSPS) is 15.8. The number of alkyl halides is 1. The van der Waals surface area contributed by atoms with E-state index < -0.39 is 0 Å². The third-order valence-corrected chi connectivity index (χ3v) is 4.87. The molecular formula is C15H14Br2O3. The first-order valence-corrected chi connectivity index (χ1v) is 8.15. The quantitative estimate of drug-likeness (QED) is 0.664. The summed E-state index contributed by atoms with van der Waals surface area (Å²) in [4.78, 5) is -0.0240. The monoisotopic (exact) mass is 400 g/mol. The van der Waals surface area contributed by atoms with Gasteiger partial charge in [0.05, 0.1) is 24.3 Å². The Hall–Kier alpha value is -0.940. The highest BCUT2D eigenvalue weighted by atomic mass is 79.9. The molecule has 0 saturated carbocycles. The van der Waals surface area contributed by atoms with E-state index >= 15 is 0 Å². The zero-order valence-corrected chi connectivity index (χ0v) is 14.2. The number of aryl methyl sites for hydroxylation is 1. The van der Waals surface area contributed by atoms with Crippen LogP contribution in [0.3, 0.4) is 0 Å². The summed E-state index contributed by atoms with van der Waals surface area (Å²) < 4.78 is 18.0. The van der Waals surface area contributed by atoms with Crippen molar-refractivity contribution in [1.82, 2.24) is 0 Å². The van der Waals surface area contributed by atoms with Crippen LogP contribution in [0, 0.1) is 6.92 Å². The zero-order valence-electron chi connectivity index (χ0n) is 11.0. The Morgan fingerprint density at radius 3 is 2.50 bits per heavy atom. The van der Waals surface area contributed by atoms with E-state index in [0.29, 0.717) is 13.2 Å². The van der Waals surface area contributed by atoms with Gasteiger partial charge < -0.3 is 13.9 Å². The molecule has 0 fully saturated rings. The summed E-state index contributed by atoms with van der Waals surface area (Å²) in [5.41, 5.74) is 2.18. The Bertz CT molecular complexity index is 622. The van der Waals surface area contributed by atoms with E-state index in [1.165, 1.54) is 0 Å². The lowest BCUT2D eigenvalue weighted by molar-refractivity contribution is 0.297. The SMILES string of the molecule is Cc1ccoc1C(Br)c1cc2c(cc1Br)OCCCO2. The molecule has 20 heavy (non-hydrogen) atoms. The number of halogens is 2. The van der Waals surface area contributed by atoms with E-state index in [1.807, 2.05) is 25.1 Å². The van der Waals surface area contributed by atoms with Crippen LogP contribution >= 0.6 is 31.9 Å². The number of ether oxygens (including phenoxy) is 2. The van der Waals surface area contributed by atoms with Crippen LogP contribution in [-0.2, 0) is 0 Å². The summed E-state index contributed by atoms with van der Waals surface area (Å²) in [6.07, 6.45) is 2.60. The van der Waals surface area contributed by atoms with Crippen molar-refractivity contribution in [2.24, 2.45) is 0 Å². The van der Waals surface area contributed by atoms with Gasteiger partial charge in [-0.15, -0.1) is 0 Å². The minimum Gasteiger partial charge on any atom is -0.490 e. The summed E-state index contributed by atoms with van der Waals surface area (Å²) in [5.74, 6) is 2.48. The highest BCUT2D eigenvalue weighted by Crippen LogP contribution is 2.43. The number of hydrogen-bond acceptors (Lipinski definition) is 3. The molecule has 1 atom stereocenters. The third-order valence-electron chi connectivity index (χ3n) is 3.27. The molecule has 0 amide bonds. The van der Waals surface area contributed by atoms with Gasteiger partial charge in [0, 0.05) is 10.9 Å². The van der Waals surface area contributed by atoms with Crippen LogP contribution in [0.4, 0.5) is 0 Å². The fourth-order valence-electron chi connectivity index (χ4n) is 2.18. The van der Waals surface area contributed by atoms with Gasteiger partial charge in [0.15, 0.2) is 11.5 Å². The average Bonchev–Trinajstić information content (AvgIpc) is 2.72. The van der Waals surface area contributed by atoms with Crippen LogP contribution in [0.15, 0.2) is 33.4 Å². The molecule has 2 aromatic rings. The van der Waals surface area contributed by atoms with E-state index in [1.54, 1.807) is 6.26 Å². The Balaban J connectivity index is 2.01. The number of hydrogen-bond donors (Lipinski definition) is 0. The molecule has 1 aromatic heterocycles. The predicted molar refractivity (Wildman–Crippen MR) is 84.0 cm³/mol. The molecule has 106 valence electrons. The van der Waals surface area contributed by atoms with Crippen molar-refractivity contribution in [3.05, 3.63) is 45.8 Å². The molecule has 1 aliphatic rings. The van der Waals surface area contributed by atoms with Gasteiger partial charge in [0.1, 0.15) is 5.76 Å². The zero-order chi connectivity index (χ0) is 14.1. The molecule has 1 unspecified atom stereocenters. The second kappa shape index (κ2) is 5.82. The van der Waals surface area contributed by atoms with Gasteiger partial charge in [-0.25, -0.2) is 0 Å². The summed E-state index contributed by atoms with van der Waals surface area (Å²) >= 11 is 7.31. The number of benzene rings is 1. The molecule has 0 bridgehead atoms. The van der Waals surface area contributed by atoms with Crippen molar-refractivity contribution in [2.75, 3.05) is 13.2 Å².